The molecule has 1 saturated heterocycles. The first-order valence-electron chi connectivity index (χ1n) is 7.01. The highest BCUT2D eigenvalue weighted by molar-refractivity contribution is 6.30. The van der Waals surface area contributed by atoms with Gasteiger partial charge in [-0.05, 0) is 25.0 Å². The zero-order valence-electron chi connectivity index (χ0n) is 12.1. The number of carbonyl (C=O) groups is 2. The van der Waals surface area contributed by atoms with Crippen molar-refractivity contribution in [3.63, 3.8) is 0 Å². The molecule has 0 radical (unpaired) electrons. The third-order valence-corrected chi connectivity index (χ3v) is 3.77. The third-order valence-electron chi connectivity index (χ3n) is 3.55. The van der Waals surface area contributed by atoms with Crippen LogP contribution in [0.3, 0.4) is 0 Å². The van der Waals surface area contributed by atoms with Gasteiger partial charge in [0.05, 0.1) is 5.02 Å². The summed E-state index contributed by atoms with van der Waals surface area (Å²) in [6, 6.07) is 3.14. The molecule has 0 aliphatic carbocycles. The summed E-state index contributed by atoms with van der Waals surface area (Å²) < 4.78 is 36.6. The molecule has 1 aromatic heterocycles. The van der Waals surface area contributed by atoms with Gasteiger partial charge in [0.25, 0.3) is 0 Å². The Morgan fingerprint density at radius 1 is 1.30 bits per heavy atom. The summed E-state index contributed by atoms with van der Waals surface area (Å²) in [6.45, 7) is 0.280. The van der Waals surface area contributed by atoms with Gasteiger partial charge in [-0.1, -0.05) is 11.6 Å². The van der Waals surface area contributed by atoms with Crippen LogP contribution in [-0.4, -0.2) is 41.0 Å². The zero-order chi connectivity index (χ0) is 17.0. The van der Waals surface area contributed by atoms with E-state index in [1.807, 2.05) is 0 Å². The Bertz CT molecular complexity index is 570. The van der Waals surface area contributed by atoms with Crippen molar-refractivity contribution in [3.8, 4) is 0 Å². The fourth-order valence-corrected chi connectivity index (χ4v) is 2.46. The third kappa shape index (κ3) is 5.38. The molecular formula is C14H15ClF3N3O2. The molecule has 0 bridgehead atoms. The molecule has 1 N–H and O–H groups in total. The van der Waals surface area contributed by atoms with Crippen LogP contribution in [0.25, 0.3) is 0 Å². The molecule has 1 fully saturated rings. The van der Waals surface area contributed by atoms with Crippen LogP contribution in [0.2, 0.25) is 5.02 Å². The maximum atomic E-state index is 12.2. The van der Waals surface area contributed by atoms with Crippen LogP contribution in [0.5, 0.6) is 0 Å². The smallest absolute Gasteiger partial charge is 0.342 e. The minimum absolute atomic E-state index is 0.140. The van der Waals surface area contributed by atoms with E-state index in [1.54, 1.807) is 12.1 Å². The number of amides is 2. The van der Waals surface area contributed by atoms with Crippen molar-refractivity contribution in [1.82, 2.24) is 9.88 Å². The van der Waals surface area contributed by atoms with Gasteiger partial charge < -0.3 is 10.2 Å². The first-order valence-corrected chi connectivity index (χ1v) is 7.39. The lowest BCUT2D eigenvalue weighted by molar-refractivity contribution is -0.162. The van der Waals surface area contributed by atoms with E-state index in [9.17, 15) is 22.8 Å². The van der Waals surface area contributed by atoms with E-state index in [4.69, 9.17) is 11.6 Å². The normalized spacial score (nSPS) is 16.3. The highest BCUT2D eigenvalue weighted by Gasteiger charge is 2.35. The van der Waals surface area contributed by atoms with Gasteiger partial charge in [-0.25, -0.2) is 4.98 Å². The number of nitrogens with one attached hydrogen (secondary N) is 1. The number of alkyl halides is 3. The van der Waals surface area contributed by atoms with Crippen LogP contribution in [0.15, 0.2) is 18.3 Å². The van der Waals surface area contributed by atoms with E-state index in [2.05, 4.69) is 10.3 Å². The number of halogens is 4. The van der Waals surface area contributed by atoms with Gasteiger partial charge in [0.2, 0.25) is 11.8 Å². The number of rotatable bonds is 3. The summed E-state index contributed by atoms with van der Waals surface area (Å²) in [6.07, 6.45) is -3.92. The number of carbonyl (C=O) groups excluding carboxylic acids is 2. The summed E-state index contributed by atoms with van der Waals surface area (Å²) in [4.78, 5) is 28.7. The first kappa shape index (κ1) is 17.5. The Balaban J connectivity index is 1.83. The molecule has 23 heavy (non-hydrogen) atoms. The van der Waals surface area contributed by atoms with Crippen LogP contribution < -0.4 is 5.32 Å². The number of aromatic nitrogens is 1. The van der Waals surface area contributed by atoms with Crippen LogP contribution >= 0.6 is 11.6 Å². The second kappa shape index (κ2) is 7.16. The highest BCUT2D eigenvalue weighted by Crippen LogP contribution is 2.24. The molecule has 2 amide bonds. The van der Waals surface area contributed by atoms with Gasteiger partial charge in [0.1, 0.15) is 12.2 Å². The van der Waals surface area contributed by atoms with Crippen molar-refractivity contribution >= 4 is 29.2 Å². The number of hydrogen-bond acceptors (Lipinski definition) is 3. The highest BCUT2D eigenvalue weighted by atomic mass is 35.5. The second-order valence-electron chi connectivity index (χ2n) is 5.30. The molecule has 0 atom stereocenters. The van der Waals surface area contributed by atoms with Crippen molar-refractivity contribution in [2.75, 3.05) is 18.4 Å². The lowest BCUT2D eigenvalue weighted by Crippen LogP contribution is -2.42. The molecular weight excluding hydrogens is 335 g/mol. The second-order valence-corrected chi connectivity index (χ2v) is 5.73. The van der Waals surface area contributed by atoms with Crippen LogP contribution in [-0.2, 0) is 9.59 Å². The molecule has 5 nitrogen and oxygen atoms in total. The Labute approximate surface area is 135 Å². The molecule has 0 aromatic carbocycles. The average Bonchev–Trinajstić information content (AvgIpc) is 2.48. The number of pyridine rings is 1. The summed E-state index contributed by atoms with van der Waals surface area (Å²) >= 11 is 5.70. The predicted molar refractivity (Wildman–Crippen MR) is 77.9 cm³/mol. The summed E-state index contributed by atoms with van der Waals surface area (Å²) in [5, 5.41) is 3.07. The maximum Gasteiger partial charge on any atom is 0.397 e. The molecule has 1 aliphatic rings. The Morgan fingerprint density at radius 3 is 2.48 bits per heavy atom. The van der Waals surface area contributed by atoms with Gasteiger partial charge in [-0.15, -0.1) is 0 Å². The van der Waals surface area contributed by atoms with Gasteiger partial charge in [-0.2, -0.15) is 13.2 Å². The fourth-order valence-electron chi connectivity index (χ4n) is 2.35. The first-order chi connectivity index (χ1) is 10.7. The average molecular weight is 350 g/mol. The van der Waals surface area contributed by atoms with E-state index in [0.717, 1.165) is 4.90 Å². The van der Waals surface area contributed by atoms with Crippen LogP contribution in [0.1, 0.15) is 19.3 Å². The standard InChI is InChI=1S/C14H15ClF3N3O2/c15-10-1-2-11(19-8-10)20-13(23)9-3-5-21(6-4-9)12(22)7-14(16,17)18/h1-2,8-9H,3-7H2,(H,19,20,23). The maximum absolute atomic E-state index is 12.2. The van der Waals surface area contributed by atoms with E-state index < -0.39 is 18.5 Å². The quantitative estimate of drug-likeness (QED) is 0.912. The predicted octanol–water partition coefficient (Wildman–Crippen LogP) is 2.86. The van der Waals surface area contributed by atoms with Crippen molar-refractivity contribution < 1.29 is 22.8 Å². The fraction of sp³-hybridized carbons (Fsp3) is 0.500. The lowest BCUT2D eigenvalue weighted by Gasteiger charge is -2.31. The molecule has 1 aromatic rings. The lowest BCUT2D eigenvalue weighted by atomic mass is 9.95. The monoisotopic (exact) mass is 349 g/mol. The van der Waals surface area contributed by atoms with Crippen molar-refractivity contribution in [2.24, 2.45) is 5.92 Å². The molecule has 9 heteroatoms. The van der Waals surface area contributed by atoms with Crippen molar-refractivity contribution in [3.05, 3.63) is 23.4 Å². The summed E-state index contributed by atoms with van der Waals surface area (Å²) in [5.74, 6) is -1.21. The van der Waals surface area contributed by atoms with Crippen LogP contribution in [0, 0.1) is 5.92 Å². The molecule has 2 rings (SSSR count). The van der Waals surface area contributed by atoms with Gasteiger partial charge >= 0.3 is 6.18 Å². The summed E-state index contributed by atoms with van der Waals surface area (Å²) in [7, 11) is 0. The Kier molecular flexibility index (Phi) is 5.46. The SMILES string of the molecule is O=C(Nc1ccc(Cl)cn1)C1CCN(C(=O)CC(F)(F)F)CC1. The molecule has 2 heterocycles. The molecule has 126 valence electrons. The number of likely N-dealkylation sites (tertiary alicyclic amines) is 1. The van der Waals surface area contributed by atoms with Crippen LogP contribution in [0.4, 0.5) is 19.0 Å². The number of nitrogens with zero attached hydrogens (tertiary/aromatic N) is 2. The molecule has 0 saturated carbocycles. The molecule has 0 spiro atoms. The number of anilines is 1. The summed E-state index contributed by atoms with van der Waals surface area (Å²) in [5.41, 5.74) is 0. The Hall–Kier alpha value is -1.83. The van der Waals surface area contributed by atoms with E-state index in [1.165, 1.54) is 6.20 Å². The molecule has 0 unspecified atom stereocenters. The zero-order valence-corrected chi connectivity index (χ0v) is 12.8. The van der Waals surface area contributed by atoms with E-state index in [-0.39, 0.29) is 24.9 Å². The largest absolute Gasteiger partial charge is 0.397 e. The Morgan fingerprint density at radius 2 is 1.96 bits per heavy atom. The van der Waals surface area contributed by atoms with E-state index in [0.29, 0.717) is 23.7 Å². The van der Waals surface area contributed by atoms with Crippen molar-refractivity contribution in [2.45, 2.75) is 25.4 Å². The van der Waals surface area contributed by atoms with Gasteiger partial charge in [0, 0.05) is 25.2 Å². The van der Waals surface area contributed by atoms with Crippen molar-refractivity contribution in [1.29, 1.82) is 0 Å². The van der Waals surface area contributed by atoms with E-state index >= 15 is 0 Å². The minimum Gasteiger partial charge on any atom is -0.342 e. The number of piperidine rings is 1. The number of hydrogen-bond donors (Lipinski definition) is 1. The topological polar surface area (TPSA) is 62.3 Å². The minimum atomic E-state index is -4.51. The van der Waals surface area contributed by atoms with Gasteiger partial charge in [0.15, 0.2) is 0 Å². The van der Waals surface area contributed by atoms with Gasteiger partial charge in [-0.3, -0.25) is 9.59 Å². The molecule has 1 aliphatic heterocycles.